The standard InChI is InChI=1S/C18H18BrNO5/c1-22-15-7-11(13(19)9-16(15)23-2)5-6-20-18(21)12-3-4-14-17(8-12)25-10-24-14/h3-4,7-9H,5-6,10H2,1-2H3,(H,20,21). The van der Waals surface area contributed by atoms with Crippen LogP contribution in [0.25, 0.3) is 0 Å². The summed E-state index contributed by atoms with van der Waals surface area (Å²) in [5.41, 5.74) is 1.55. The van der Waals surface area contributed by atoms with Crippen LogP contribution in [0.15, 0.2) is 34.8 Å². The summed E-state index contributed by atoms with van der Waals surface area (Å²) < 4.78 is 22.0. The van der Waals surface area contributed by atoms with Crippen LogP contribution in [-0.4, -0.2) is 33.5 Å². The van der Waals surface area contributed by atoms with Gasteiger partial charge in [-0.05, 0) is 42.3 Å². The van der Waals surface area contributed by atoms with Crippen molar-refractivity contribution < 1.29 is 23.7 Å². The van der Waals surface area contributed by atoms with E-state index in [0.717, 1.165) is 10.0 Å². The first-order valence-corrected chi connectivity index (χ1v) is 8.50. The van der Waals surface area contributed by atoms with Crippen LogP contribution in [0.4, 0.5) is 0 Å². The van der Waals surface area contributed by atoms with Crippen molar-refractivity contribution in [3.05, 3.63) is 45.9 Å². The normalized spacial score (nSPS) is 12.0. The van der Waals surface area contributed by atoms with Crippen LogP contribution in [0.5, 0.6) is 23.0 Å². The number of halogens is 1. The highest BCUT2D eigenvalue weighted by atomic mass is 79.9. The molecule has 25 heavy (non-hydrogen) atoms. The Morgan fingerprint density at radius 3 is 2.60 bits per heavy atom. The van der Waals surface area contributed by atoms with Gasteiger partial charge in [-0.1, -0.05) is 15.9 Å². The van der Waals surface area contributed by atoms with Crippen LogP contribution < -0.4 is 24.3 Å². The topological polar surface area (TPSA) is 66.0 Å². The smallest absolute Gasteiger partial charge is 0.251 e. The number of ether oxygens (including phenoxy) is 4. The number of carbonyl (C=O) groups is 1. The molecule has 132 valence electrons. The van der Waals surface area contributed by atoms with Crippen molar-refractivity contribution in [2.45, 2.75) is 6.42 Å². The SMILES string of the molecule is COc1cc(Br)c(CCNC(=O)c2ccc3c(c2)OCO3)cc1OC. The average Bonchev–Trinajstić information content (AvgIpc) is 3.10. The van der Waals surface area contributed by atoms with Crippen molar-refractivity contribution >= 4 is 21.8 Å². The van der Waals surface area contributed by atoms with Gasteiger partial charge in [0.25, 0.3) is 5.91 Å². The molecule has 0 fully saturated rings. The second-order valence-corrected chi connectivity index (χ2v) is 6.23. The molecule has 1 heterocycles. The van der Waals surface area contributed by atoms with Crippen LogP contribution in [0, 0.1) is 0 Å². The zero-order valence-electron chi connectivity index (χ0n) is 13.9. The van der Waals surface area contributed by atoms with Crippen LogP contribution in [0.3, 0.4) is 0 Å². The van der Waals surface area contributed by atoms with Crippen molar-refractivity contribution in [3.63, 3.8) is 0 Å². The number of nitrogens with one attached hydrogen (secondary N) is 1. The summed E-state index contributed by atoms with van der Waals surface area (Å²) in [5.74, 6) is 2.40. The van der Waals surface area contributed by atoms with E-state index in [9.17, 15) is 4.79 Å². The summed E-state index contributed by atoms with van der Waals surface area (Å²) in [6.07, 6.45) is 0.650. The molecular weight excluding hydrogens is 390 g/mol. The van der Waals surface area contributed by atoms with E-state index in [-0.39, 0.29) is 12.7 Å². The number of benzene rings is 2. The molecule has 1 aliphatic heterocycles. The monoisotopic (exact) mass is 407 g/mol. The van der Waals surface area contributed by atoms with Crippen LogP contribution >= 0.6 is 15.9 Å². The van der Waals surface area contributed by atoms with Gasteiger partial charge in [0.15, 0.2) is 23.0 Å². The van der Waals surface area contributed by atoms with Crippen LogP contribution in [0.1, 0.15) is 15.9 Å². The fourth-order valence-corrected chi connectivity index (χ4v) is 3.06. The molecule has 1 amide bonds. The fraction of sp³-hybridized carbons (Fsp3) is 0.278. The van der Waals surface area contributed by atoms with Crippen molar-refractivity contribution in [1.82, 2.24) is 5.32 Å². The van der Waals surface area contributed by atoms with Gasteiger partial charge >= 0.3 is 0 Å². The van der Waals surface area contributed by atoms with Crippen molar-refractivity contribution in [3.8, 4) is 23.0 Å². The third-order valence-corrected chi connectivity index (χ3v) is 4.61. The molecule has 0 saturated heterocycles. The molecule has 0 atom stereocenters. The molecule has 0 spiro atoms. The maximum absolute atomic E-state index is 12.3. The Morgan fingerprint density at radius 2 is 1.84 bits per heavy atom. The van der Waals surface area contributed by atoms with E-state index in [2.05, 4.69) is 21.2 Å². The Bertz CT molecular complexity index is 793. The van der Waals surface area contributed by atoms with Crippen molar-refractivity contribution in [2.75, 3.05) is 27.6 Å². The second-order valence-electron chi connectivity index (χ2n) is 5.37. The van der Waals surface area contributed by atoms with Crippen molar-refractivity contribution in [2.24, 2.45) is 0 Å². The highest BCUT2D eigenvalue weighted by Crippen LogP contribution is 2.34. The number of rotatable bonds is 6. The molecule has 0 bridgehead atoms. The molecule has 0 aliphatic carbocycles. The molecule has 2 aromatic rings. The number of hydrogen-bond acceptors (Lipinski definition) is 5. The van der Waals surface area contributed by atoms with Gasteiger partial charge in [0.1, 0.15) is 0 Å². The quantitative estimate of drug-likeness (QED) is 0.796. The highest BCUT2D eigenvalue weighted by molar-refractivity contribution is 9.10. The molecule has 1 aliphatic rings. The van der Waals surface area contributed by atoms with E-state index in [4.69, 9.17) is 18.9 Å². The molecule has 0 unspecified atom stereocenters. The summed E-state index contributed by atoms with van der Waals surface area (Å²) in [6.45, 7) is 0.676. The van der Waals surface area contributed by atoms with Gasteiger partial charge in [-0.25, -0.2) is 0 Å². The first-order valence-electron chi connectivity index (χ1n) is 7.70. The Kier molecular flexibility index (Phi) is 5.33. The summed E-state index contributed by atoms with van der Waals surface area (Å²) in [5, 5.41) is 2.90. The summed E-state index contributed by atoms with van der Waals surface area (Å²) >= 11 is 3.52. The van der Waals surface area contributed by atoms with Gasteiger partial charge in [0.2, 0.25) is 6.79 Å². The van der Waals surface area contributed by atoms with E-state index >= 15 is 0 Å². The third-order valence-electron chi connectivity index (χ3n) is 3.87. The Hall–Kier alpha value is -2.41. The van der Waals surface area contributed by atoms with E-state index in [1.807, 2.05) is 12.1 Å². The van der Waals surface area contributed by atoms with E-state index in [1.165, 1.54) is 0 Å². The van der Waals surface area contributed by atoms with E-state index < -0.39 is 0 Å². The lowest BCUT2D eigenvalue weighted by Gasteiger charge is -2.12. The summed E-state index contributed by atoms with van der Waals surface area (Å²) in [7, 11) is 3.19. The molecular formula is C18H18BrNO5. The maximum Gasteiger partial charge on any atom is 0.251 e. The molecule has 0 aromatic heterocycles. The average molecular weight is 408 g/mol. The molecule has 7 heteroatoms. The number of fused-ring (bicyclic) bond motifs is 1. The van der Waals surface area contributed by atoms with Gasteiger partial charge in [0, 0.05) is 16.6 Å². The minimum atomic E-state index is -0.158. The van der Waals surface area contributed by atoms with E-state index in [1.54, 1.807) is 32.4 Å². The zero-order chi connectivity index (χ0) is 17.8. The molecule has 3 rings (SSSR count). The van der Waals surface area contributed by atoms with Gasteiger partial charge in [0.05, 0.1) is 14.2 Å². The summed E-state index contributed by atoms with van der Waals surface area (Å²) in [6, 6.07) is 8.89. The lowest BCUT2D eigenvalue weighted by molar-refractivity contribution is 0.0953. The van der Waals surface area contributed by atoms with E-state index in [0.29, 0.717) is 41.5 Å². The minimum Gasteiger partial charge on any atom is -0.493 e. The molecule has 6 nitrogen and oxygen atoms in total. The number of hydrogen-bond donors (Lipinski definition) is 1. The Morgan fingerprint density at radius 1 is 1.12 bits per heavy atom. The van der Waals surface area contributed by atoms with Gasteiger partial charge in [-0.3, -0.25) is 4.79 Å². The summed E-state index contributed by atoms with van der Waals surface area (Å²) in [4.78, 5) is 12.3. The number of amides is 1. The van der Waals surface area contributed by atoms with Gasteiger partial charge < -0.3 is 24.3 Å². The van der Waals surface area contributed by atoms with Crippen LogP contribution in [0.2, 0.25) is 0 Å². The lowest BCUT2D eigenvalue weighted by atomic mass is 10.1. The highest BCUT2D eigenvalue weighted by Gasteiger charge is 2.16. The predicted molar refractivity (Wildman–Crippen MR) is 95.8 cm³/mol. The molecule has 0 saturated carbocycles. The second kappa shape index (κ2) is 7.65. The molecule has 1 N–H and O–H groups in total. The molecule has 0 radical (unpaired) electrons. The third kappa shape index (κ3) is 3.82. The zero-order valence-corrected chi connectivity index (χ0v) is 15.5. The predicted octanol–water partition coefficient (Wildman–Crippen LogP) is 3.17. The Labute approximate surface area is 154 Å². The maximum atomic E-state index is 12.3. The van der Waals surface area contributed by atoms with Gasteiger partial charge in [-0.15, -0.1) is 0 Å². The minimum absolute atomic E-state index is 0.158. The number of carbonyl (C=O) groups excluding carboxylic acids is 1. The fourth-order valence-electron chi connectivity index (χ4n) is 2.54. The van der Waals surface area contributed by atoms with Crippen LogP contribution in [-0.2, 0) is 6.42 Å². The molecule has 2 aromatic carbocycles. The first kappa shape index (κ1) is 17.4. The number of methoxy groups -OCH3 is 2. The largest absolute Gasteiger partial charge is 0.493 e. The van der Waals surface area contributed by atoms with Crippen molar-refractivity contribution in [1.29, 1.82) is 0 Å². The lowest BCUT2D eigenvalue weighted by Crippen LogP contribution is -2.25. The first-order chi connectivity index (χ1) is 12.1. The Balaban J connectivity index is 1.62. The van der Waals surface area contributed by atoms with Gasteiger partial charge in [-0.2, -0.15) is 0 Å².